The number of aromatic nitrogens is 2. The largest absolute Gasteiger partial charge is 0 e. The molecule has 0 fully saturated rings. The average molecular weight is 988 g/mol. The Kier molecular flexibility index (Phi) is 11.5. The summed E-state index contributed by atoms with van der Waals surface area (Å²) in [5.74, 6) is 14.4. The molecule has 51 heavy (non-hydrogen) atoms. The molecule has 0 atom stereocenters. The molecular weight excluding hydrogens is 938 g/mol. The van der Waals surface area contributed by atoms with E-state index in [0.29, 0.717) is 5.56 Å². The quantitative estimate of drug-likeness (QED) is 0.123. The summed E-state index contributed by atoms with van der Waals surface area (Å²) in [7, 11) is 0. The number of thiophene rings is 1. The predicted octanol–water partition coefficient (Wildman–Crippen LogP) is 11.8. The molecule has 0 saturated carbocycles. The van der Waals surface area contributed by atoms with E-state index in [-0.39, 0.29) is 20.1 Å². The van der Waals surface area contributed by atoms with Gasteiger partial charge in [-0.2, -0.15) is 0 Å². The molecule has 0 spiro atoms. The van der Waals surface area contributed by atoms with Crippen molar-refractivity contribution in [3.05, 3.63) is 133 Å². The first-order valence-electron chi connectivity index (χ1n) is 18.3. The fourth-order valence-corrected chi connectivity index (χ4v) is 11.8. The fourth-order valence-electron chi connectivity index (χ4n) is 5.90. The van der Waals surface area contributed by atoms with Gasteiger partial charge in [0.2, 0.25) is 0 Å². The minimum atomic E-state index is -1.83. The molecule has 1 radical (unpaired) electrons. The van der Waals surface area contributed by atoms with Gasteiger partial charge in [-0.1, -0.05) is 26.3 Å². The topological polar surface area (TPSA) is 25.8 Å². The number of hydrogen-bond donors (Lipinski definition) is 0. The molecule has 0 unspecified atom stereocenters. The van der Waals surface area contributed by atoms with E-state index in [9.17, 15) is 0 Å². The first-order valence-corrected chi connectivity index (χ1v) is 32.8. The second kappa shape index (κ2) is 16.0. The predicted molar refractivity (Wildman–Crippen MR) is 224 cm³/mol. The van der Waals surface area contributed by atoms with Gasteiger partial charge in [-0.25, -0.2) is 0 Å². The van der Waals surface area contributed by atoms with Gasteiger partial charge in [0.05, 0.1) is 0 Å². The van der Waals surface area contributed by atoms with Crippen molar-refractivity contribution < 1.29 is 22.8 Å². The summed E-state index contributed by atoms with van der Waals surface area (Å²) >= 11 is -1.78. The van der Waals surface area contributed by atoms with Crippen LogP contribution >= 0.6 is 11.3 Å². The van der Waals surface area contributed by atoms with Crippen molar-refractivity contribution in [2.24, 2.45) is 5.41 Å². The van der Waals surface area contributed by atoms with Gasteiger partial charge in [-0.3, -0.25) is 0 Å². The Hall–Kier alpha value is -2.86. The summed E-state index contributed by atoms with van der Waals surface area (Å²) in [5, 5.41) is 2.43. The maximum atomic E-state index is 8.72. The third kappa shape index (κ3) is 9.77. The zero-order chi connectivity index (χ0) is 37.5. The zero-order valence-electron chi connectivity index (χ0n) is 33.1. The Labute approximate surface area is 331 Å². The molecule has 2 nitrogen and oxygen atoms in total. The van der Waals surface area contributed by atoms with E-state index in [1.807, 2.05) is 63.4 Å². The summed E-state index contributed by atoms with van der Waals surface area (Å²) in [6.45, 7) is 5.80. The average Bonchev–Trinajstić information content (AvgIpc) is 3.49. The Morgan fingerprint density at radius 2 is 1.39 bits per heavy atom. The van der Waals surface area contributed by atoms with Crippen LogP contribution in [0.25, 0.3) is 53.8 Å². The summed E-state index contributed by atoms with van der Waals surface area (Å²) in [6.07, 6.45) is 2.28. The van der Waals surface area contributed by atoms with Crippen LogP contribution in [0.1, 0.15) is 29.1 Å². The molecule has 0 N–H and O–H groups in total. The minimum absolute atomic E-state index is 0. The Balaban J connectivity index is 0.000000267. The Bertz CT molecular complexity index is 2320. The molecule has 7 rings (SSSR count). The Morgan fingerprint density at radius 1 is 0.686 bits per heavy atom. The van der Waals surface area contributed by atoms with Gasteiger partial charge in [-0.05, 0) is 17.9 Å². The molecule has 0 aliphatic heterocycles. The van der Waals surface area contributed by atoms with Gasteiger partial charge in [0.25, 0.3) is 0 Å². The molecule has 7 aromatic rings. The van der Waals surface area contributed by atoms with Crippen molar-refractivity contribution in [3.63, 3.8) is 0 Å². The zero-order valence-corrected chi connectivity index (χ0v) is 38.5. The first-order chi connectivity index (χ1) is 24.4. The van der Waals surface area contributed by atoms with Crippen molar-refractivity contribution in [2.45, 2.75) is 61.7 Å². The number of nitrogens with zero attached hydrogens (tertiary/aromatic N) is 2. The number of benzene rings is 4. The van der Waals surface area contributed by atoms with Crippen LogP contribution in [0.5, 0.6) is 0 Å². The number of fused-ring (bicyclic) bond motifs is 3. The summed E-state index contributed by atoms with van der Waals surface area (Å²) in [6, 6.07) is 42.5. The van der Waals surface area contributed by atoms with E-state index in [4.69, 9.17) is 2.74 Å². The fraction of sp³-hybridized carbons (Fsp3) is 0.244. The maximum Gasteiger partial charge on any atom is 0 e. The normalized spacial score (nSPS) is 12.8. The molecule has 4 aromatic carbocycles. The van der Waals surface area contributed by atoms with Crippen LogP contribution in [-0.4, -0.2) is 36.5 Å². The van der Waals surface area contributed by atoms with Gasteiger partial charge in [-0.15, -0.1) is 0 Å². The van der Waals surface area contributed by atoms with Crippen LogP contribution < -0.4 is 8.79 Å². The van der Waals surface area contributed by atoms with Gasteiger partial charge in [0.1, 0.15) is 0 Å². The summed E-state index contributed by atoms with van der Waals surface area (Å²) in [4.78, 5) is 9.16. The third-order valence-corrected chi connectivity index (χ3v) is 18.4. The number of pyridine rings is 2. The van der Waals surface area contributed by atoms with E-state index in [2.05, 4.69) is 117 Å². The molecule has 3 aromatic heterocycles. The minimum Gasteiger partial charge on any atom is 0 e. The molecule has 0 bridgehead atoms. The van der Waals surface area contributed by atoms with Crippen LogP contribution in [0.4, 0.5) is 0 Å². The maximum absolute atomic E-state index is 8.72. The molecule has 0 amide bonds. The molecule has 0 aliphatic carbocycles. The molecule has 6 heteroatoms. The summed E-state index contributed by atoms with van der Waals surface area (Å²) in [5.41, 5.74) is 6.37. The SMILES string of the molecule is [2H]C([2H])(c1ccnc(-c2[c-]ccc3c2sc2cc(-c4cc[c]([Ge]([CH3])([CH3])[CH3])cc4)ccc23)c1)C(C)(C)C.[CH3][Ge]([CH3])([CH3])[c]1ccc(-c2[c-]cccc2)nc1.[Ir]. The van der Waals surface area contributed by atoms with E-state index < -0.39 is 38.3 Å². The second-order valence-corrected chi connectivity index (χ2v) is 38.4. The smallest absolute Gasteiger partial charge is 0 e. The van der Waals surface area contributed by atoms with Crippen LogP contribution in [0, 0.1) is 17.5 Å². The van der Waals surface area contributed by atoms with Crippen LogP contribution in [0.15, 0.2) is 116 Å². The van der Waals surface area contributed by atoms with Gasteiger partial charge < -0.3 is 0 Å². The van der Waals surface area contributed by atoms with E-state index in [1.165, 1.54) is 35.4 Å². The van der Waals surface area contributed by atoms with Gasteiger partial charge >= 0.3 is 260 Å². The van der Waals surface area contributed by atoms with Crippen molar-refractivity contribution in [1.82, 2.24) is 9.97 Å². The standard InChI is InChI=1S/C31H32GeNS.C14H16GeN.Ir/c1-31(2,3)20-21-16-17-33-28(18-21)27-9-7-8-26-25-15-12-23(19-29(25)34-30(26)27)22-10-13-24(14-11-22)32(4,5)6;1-15(2,3)13-9-10-14(16-11-13)12-7-5-4-6-8-12;/h7-8,10-19H,20H2,1-6H3;4-7,9-11H,1-3H3;/q2*-1;/i20D2;;. The van der Waals surface area contributed by atoms with Crippen LogP contribution in [0.2, 0.25) is 34.5 Å². The third-order valence-electron chi connectivity index (χ3n) is 8.67. The van der Waals surface area contributed by atoms with Crippen LogP contribution in [-0.2, 0) is 26.5 Å². The molecule has 263 valence electrons. The number of rotatable bonds is 6. The van der Waals surface area contributed by atoms with Crippen molar-refractivity contribution in [1.29, 1.82) is 0 Å². The first kappa shape index (κ1) is 36.5. The van der Waals surface area contributed by atoms with Gasteiger partial charge in [0, 0.05) is 29.0 Å². The number of hydrogen-bond acceptors (Lipinski definition) is 3. The second-order valence-electron chi connectivity index (χ2n) is 16.0. The molecule has 0 saturated heterocycles. The van der Waals surface area contributed by atoms with Crippen molar-refractivity contribution >= 4 is 66.8 Å². The van der Waals surface area contributed by atoms with Crippen molar-refractivity contribution in [3.8, 4) is 33.6 Å². The molecule has 0 aliphatic rings. The van der Waals surface area contributed by atoms with Crippen molar-refractivity contribution in [2.75, 3.05) is 0 Å². The Morgan fingerprint density at radius 3 is 2.02 bits per heavy atom. The van der Waals surface area contributed by atoms with E-state index in [0.717, 1.165) is 27.2 Å². The molecular formula is C45H48Ge2IrN2S-2. The van der Waals surface area contributed by atoms with Crippen LogP contribution in [0.3, 0.4) is 0 Å². The molecule has 3 heterocycles. The van der Waals surface area contributed by atoms with E-state index in [1.54, 1.807) is 23.6 Å². The van der Waals surface area contributed by atoms with Gasteiger partial charge in [0.15, 0.2) is 0 Å². The summed E-state index contributed by atoms with van der Waals surface area (Å²) < 4.78 is 22.8. The van der Waals surface area contributed by atoms with E-state index >= 15 is 0 Å². The monoisotopic (exact) mass is 991 g/mol.